The number of aliphatic carboxylic acids is 1. The third-order valence-corrected chi connectivity index (χ3v) is 3.64. The number of benzene rings is 1. The molecule has 1 aliphatic heterocycles. The minimum atomic E-state index is -1.16. The van der Waals surface area contributed by atoms with Gasteiger partial charge in [0.2, 0.25) is 0 Å². The second kappa shape index (κ2) is 6.10. The maximum atomic E-state index is 12.6. The first-order valence-electron chi connectivity index (χ1n) is 6.70. The van der Waals surface area contributed by atoms with Crippen molar-refractivity contribution in [1.29, 1.82) is 0 Å². The molecule has 0 radical (unpaired) electrons. The van der Waals surface area contributed by atoms with Gasteiger partial charge in [-0.3, -0.25) is 14.9 Å². The van der Waals surface area contributed by atoms with Crippen LogP contribution in [0.1, 0.15) is 21.5 Å². The number of carbonyl (C=O) groups excluding carboxylic acids is 1. The lowest BCUT2D eigenvalue weighted by molar-refractivity contribution is -0.385. The lowest BCUT2D eigenvalue weighted by Crippen LogP contribution is -2.52. The number of nitro benzene ring substituents is 1. The Kier molecular flexibility index (Phi) is 4.41. The molecule has 1 amide bonds. The summed E-state index contributed by atoms with van der Waals surface area (Å²) in [6.07, 6.45) is 0. The van der Waals surface area contributed by atoms with Crippen LogP contribution in [0.2, 0.25) is 0 Å². The Morgan fingerprint density at radius 2 is 2.05 bits per heavy atom. The third-order valence-electron chi connectivity index (χ3n) is 3.64. The minimum absolute atomic E-state index is 0.0892. The summed E-state index contributed by atoms with van der Waals surface area (Å²) >= 11 is 0. The van der Waals surface area contributed by atoms with Crippen molar-refractivity contribution in [2.75, 3.05) is 19.8 Å². The third kappa shape index (κ3) is 2.91. The van der Waals surface area contributed by atoms with Gasteiger partial charge in [-0.15, -0.1) is 0 Å². The van der Waals surface area contributed by atoms with Gasteiger partial charge in [-0.2, -0.15) is 0 Å². The number of carboxylic acids is 1. The van der Waals surface area contributed by atoms with Crippen LogP contribution in [0.3, 0.4) is 0 Å². The Morgan fingerprint density at radius 1 is 1.36 bits per heavy atom. The fraction of sp³-hybridized carbons (Fsp3) is 0.429. The summed E-state index contributed by atoms with van der Waals surface area (Å²) in [7, 11) is 0. The molecule has 1 aromatic carbocycles. The number of nitro groups is 1. The number of rotatable bonds is 3. The first-order chi connectivity index (χ1) is 10.3. The Labute approximate surface area is 126 Å². The number of aryl methyl sites for hydroxylation is 2. The number of amides is 1. The zero-order valence-corrected chi connectivity index (χ0v) is 12.2. The molecule has 1 N–H and O–H groups in total. The summed E-state index contributed by atoms with van der Waals surface area (Å²) in [6.45, 7) is 3.54. The van der Waals surface area contributed by atoms with Gasteiger partial charge in [-0.05, 0) is 25.5 Å². The summed E-state index contributed by atoms with van der Waals surface area (Å²) in [5.74, 6) is -1.69. The molecular weight excluding hydrogens is 292 g/mol. The van der Waals surface area contributed by atoms with E-state index in [0.717, 1.165) is 0 Å². The molecule has 0 aromatic heterocycles. The van der Waals surface area contributed by atoms with Gasteiger partial charge < -0.3 is 14.7 Å². The van der Waals surface area contributed by atoms with Crippen molar-refractivity contribution in [2.45, 2.75) is 19.9 Å². The van der Waals surface area contributed by atoms with E-state index in [-0.39, 0.29) is 31.0 Å². The van der Waals surface area contributed by atoms with Crippen LogP contribution < -0.4 is 0 Å². The number of morpholine rings is 1. The van der Waals surface area contributed by atoms with Crippen LogP contribution in [-0.4, -0.2) is 52.6 Å². The van der Waals surface area contributed by atoms with Gasteiger partial charge in [0.05, 0.1) is 18.1 Å². The first-order valence-corrected chi connectivity index (χ1v) is 6.70. The van der Waals surface area contributed by atoms with Gasteiger partial charge in [-0.1, -0.05) is 0 Å². The number of ether oxygens (including phenoxy) is 1. The van der Waals surface area contributed by atoms with E-state index in [1.807, 2.05) is 0 Å². The Morgan fingerprint density at radius 3 is 2.64 bits per heavy atom. The van der Waals surface area contributed by atoms with Crippen LogP contribution in [0.25, 0.3) is 0 Å². The van der Waals surface area contributed by atoms with Gasteiger partial charge in [0, 0.05) is 23.7 Å². The molecule has 1 aliphatic rings. The fourth-order valence-electron chi connectivity index (χ4n) is 2.47. The predicted molar refractivity (Wildman–Crippen MR) is 75.8 cm³/mol. The van der Waals surface area contributed by atoms with Crippen molar-refractivity contribution in [1.82, 2.24) is 4.90 Å². The lowest BCUT2D eigenvalue weighted by Gasteiger charge is -2.33. The lowest BCUT2D eigenvalue weighted by atomic mass is 10.0. The van der Waals surface area contributed by atoms with E-state index in [1.165, 1.54) is 11.0 Å². The molecule has 1 aromatic rings. The molecule has 22 heavy (non-hydrogen) atoms. The topological polar surface area (TPSA) is 110 Å². The van der Waals surface area contributed by atoms with Crippen molar-refractivity contribution in [3.63, 3.8) is 0 Å². The summed E-state index contributed by atoms with van der Waals surface area (Å²) < 4.78 is 5.09. The standard InChI is InChI=1S/C14H16N2O6/c1-8-5-9(2)11(16(20)21)6-10(8)13(17)15-3-4-22-7-12(15)14(18)19/h5-6,12H,3-4,7H2,1-2H3,(H,18,19). The van der Waals surface area contributed by atoms with E-state index in [9.17, 15) is 24.8 Å². The number of hydrogen-bond acceptors (Lipinski definition) is 5. The van der Waals surface area contributed by atoms with E-state index in [4.69, 9.17) is 4.74 Å². The van der Waals surface area contributed by atoms with Crippen LogP contribution in [0.15, 0.2) is 12.1 Å². The first kappa shape index (κ1) is 15.9. The molecule has 0 aliphatic carbocycles. The highest BCUT2D eigenvalue weighted by molar-refractivity contribution is 5.98. The SMILES string of the molecule is Cc1cc(C)c([N+](=O)[O-])cc1C(=O)N1CCOCC1C(=O)O. The number of hydrogen-bond donors (Lipinski definition) is 1. The highest BCUT2D eigenvalue weighted by atomic mass is 16.6. The van der Waals surface area contributed by atoms with E-state index < -0.39 is 22.8 Å². The molecule has 1 saturated heterocycles. The van der Waals surface area contributed by atoms with Crippen LogP contribution in [-0.2, 0) is 9.53 Å². The molecule has 1 fully saturated rings. The van der Waals surface area contributed by atoms with Gasteiger partial charge in [-0.25, -0.2) is 4.79 Å². The normalized spacial score (nSPS) is 18.1. The number of carbonyl (C=O) groups is 2. The van der Waals surface area contributed by atoms with E-state index in [2.05, 4.69) is 0 Å². The maximum absolute atomic E-state index is 12.6. The molecule has 1 unspecified atom stereocenters. The Bertz CT molecular complexity index is 642. The Balaban J connectivity index is 2.42. The second-order valence-corrected chi connectivity index (χ2v) is 5.14. The highest BCUT2D eigenvalue weighted by Gasteiger charge is 2.34. The van der Waals surface area contributed by atoms with Crippen molar-refractivity contribution in [3.8, 4) is 0 Å². The van der Waals surface area contributed by atoms with Crippen molar-refractivity contribution in [3.05, 3.63) is 38.9 Å². The van der Waals surface area contributed by atoms with Crippen LogP contribution in [0, 0.1) is 24.0 Å². The van der Waals surface area contributed by atoms with Gasteiger partial charge in [0.15, 0.2) is 6.04 Å². The molecule has 8 heteroatoms. The van der Waals surface area contributed by atoms with Gasteiger partial charge in [0.25, 0.3) is 11.6 Å². The van der Waals surface area contributed by atoms with Gasteiger partial charge in [0.1, 0.15) is 0 Å². The van der Waals surface area contributed by atoms with Crippen LogP contribution >= 0.6 is 0 Å². The highest BCUT2D eigenvalue weighted by Crippen LogP contribution is 2.24. The second-order valence-electron chi connectivity index (χ2n) is 5.14. The molecule has 8 nitrogen and oxygen atoms in total. The van der Waals surface area contributed by atoms with E-state index in [0.29, 0.717) is 11.1 Å². The molecular formula is C14H16N2O6. The van der Waals surface area contributed by atoms with Crippen molar-refractivity contribution >= 4 is 17.6 Å². The summed E-state index contributed by atoms with van der Waals surface area (Å²) in [6, 6.07) is 1.68. The number of carboxylic acid groups (broad SMARTS) is 1. The molecule has 0 bridgehead atoms. The summed E-state index contributed by atoms with van der Waals surface area (Å²) in [4.78, 5) is 35.5. The zero-order valence-electron chi connectivity index (χ0n) is 12.2. The fourth-order valence-corrected chi connectivity index (χ4v) is 2.47. The summed E-state index contributed by atoms with van der Waals surface area (Å²) in [5, 5.41) is 20.2. The van der Waals surface area contributed by atoms with Crippen LogP contribution in [0.4, 0.5) is 5.69 Å². The van der Waals surface area contributed by atoms with Crippen molar-refractivity contribution < 1.29 is 24.4 Å². The molecule has 0 saturated carbocycles. The molecule has 0 spiro atoms. The van der Waals surface area contributed by atoms with E-state index in [1.54, 1.807) is 19.9 Å². The zero-order chi connectivity index (χ0) is 16.4. The summed E-state index contributed by atoms with van der Waals surface area (Å²) in [5.41, 5.74) is 1.01. The largest absolute Gasteiger partial charge is 0.480 e. The minimum Gasteiger partial charge on any atom is -0.480 e. The van der Waals surface area contributed by atoms with Crippen LogP contribution in [0.5, 0.6) is 0 Å². The average molecular weight is 308 g/mol. The predicted octanol–water partition coefficient (Wildman–Crippen LogP) is 1.14. The monoisotopic (exact) mass is 308 g/mol. The molecule has 1 atom stereocenters. The molecule has 2 rings (SSSR count). The Hall–Kier alpha value is -2.48. The van der Waals surface area contributed by atoms with E-state index >= 15 is 0 Å². The average Bonchev–Trinajstić information content (AvgIpc) is 2.46. The molecule has 1 heterocycles. The van der Waals surface area contributed by atoms with Crippen molar-refractivity contribution in [2.24, 2.45) is 0 Å². The maximum Gasteiger partial charge on any atom is 0.328 e. The molecule has 118 valence electrons. The van der Waals surface area contributed by atoms with Gasteiger partial charge >= 0.3 is 5.97 Å². The smallest absolute Gasteiger partial charge is 0.328 e. The quantitative estimate of drug-likeness (QED) is 0.662. The number of nitrogens with zero attached hydrogens (tertiary/aromatic N) is 2.